The van der Waals surface area contributed by atoms with Crippen LogP contribution in [0.3, 0.4) is 0 Å². The van der Waals surface area contributed by atoms with E-state index < -0.39 is 0 Å². The molecule has 9 rings (SSSR count). The smallest absolute Gasteiger partial charge is 0.143 e. The Morgan fingerprint density at radius 3 is 1.80 bits per heavy atom. The maximum Gasteiger partial charge on any atom is 0.143 e. The molecule has 2 heterocycles. The molecule has 0 saturated carbocycles. The standard InChI is InChI=1S/C39H23NO/c1-3-14-28-26(12-1)32-22-21-24-10-9-23-40-38(24)37(32)30-15-4-2-11-25(30)29-16-7-17-31(36(28)29)34-19-8-18-33-27-13-5-6-20-35(27)41-39(33)34/h1-23H. The van der Waals surface area contributed by atoms with Crippen LogP contribution in [-0.2, 0) is 0 Å². The lowest BCUT2D eigenvalue weighted by Gasteiger charge is -2.25. The Kier molecular flexibility index (Phi) is 4.64. The van der Waals surface area contributed by atoms with Crippen molar-refractivity contribution < 1.29 is 4.42 Å². The van der Waals surface area contributed by atoms with Gasteiger partial charge < -0.3 is 4.42 Å². The van der Waals surface area contributed by atoms with Gasteiger partial charge in [-0.05, 0) is 56.6 Å². The molecule has 8 aromatic rings. The molecule has 0 radical (unpaired) electrons. The third kappa shape index (κ3) is 3.16. The van der Waals surface area contributed by atoms with Gasteiger partial charge in [-0.25, -0.2) is 0 Å². The number of hydrogen-bond acceptors (Lipinski definition) is 2. The SMILES string of the molecule is c1ccc2c(c1)-c1ccc3cccnc3c1-c1ccccc1-c1cccc(-c3cccc4c3oc3ccccc34)c1-2. The van der Waals surface area contributed by atoms with Gasteiger partial charge in [-0.15, -0.1) is 0 Å². The molecular formula is C39H23NO. The van der Waals surface area contributed by atoms with Gasteiger partial charge in [-0.2, -0.15) is 0 Å². The Labute approximate surface area is 237 Å². The van der Waals surface area contributed by atoms with Crippen molar-refractivity contribution in [3.63, 3.8) is 0 Å². The molecule has 6 aromatic carbocycles. The first-order valence-electron chi connectivity index (χ1n) is 14.0. The summed E-state index contributed by atoms with van der Waals surface area (Å²) in [4.78, 5) is 4.90. The monoisotopic (exact) mass is 521 g/mol. The number of furan rings is 1. The molecule has 0 bridgehead atoms. The van der Waals surface area contributed by atoms with Gasteiger partial charge in [-0.3, -0.25) is 4.98 Å². The summed E-state index contributed by atoms with van der Waals surface area (Å²) in [6.07, 6.45) is 1.90. The Hall–Kier alpha value is -5.47. The average Bonchev–Trinajstić information content (AvgIpc) is 3.42. The van der Waals surface area contributed by atoms with Gasteiger partial charge >= 0.3 is 0 Å². The van der Waals surface area contributed by atoms with Crippen LogP contribution in [0.2, 0.25) is 0 Å². The summed E-state index contributed by atoms with van der Waals surface area (Å²) < 4.78 is 6.54. The van der Waals surface area contributed by atoms with E-state index in [1.807, 2.05) is 18.3 Å². The van der Waals surface area contributed by atoms with Crippen molar-refractivity contribution in [2.75, 3.05) is 0 Å². The van der Waals surface area contributed by atoms with E-state index in [0.29, 0.717) is 0 Å². The number of rotatable bonds is 1. The second kappa shape index (κ2) is 8.51. The van der Waals surface area contributed by atoms with Crippen LogP contribution in [-0.4, -0.2) is 4.98 Å². The summed E-state index contributed by atoms with van der Waals surface area (Å²) in [5, 5.41) is 3.42. The lowest BCUT2D eigenvalue weighted by atomic mass is 9.78. The molecule has 190 valence electrons. The maximum absolute atomic E-state index is 6.54. The second-order valence-electron chi connectivity index (χ2n) is 10.7. The Morgan fingerprint density at radius 1 is 0.390 bits per heavy atom. The molecule has 0 aliphatic heterocycles. The molecule has 0 unspecified atom stereocenters. The number of benzene rings is 6. The van der Waals surface area contributed by atoms with Gasteiger partial charge in [0.05, 0.1) is 5.52 Å². The number of aromatic nitrogens is 1. The normalized spacial score (nSPS) is 11.9. The zero-order valence-electron chi connectivity index (χ0n) is 22.1. The van der Waals surface area contributed by atoms with Crippen LogP contribution in [0.1, 0.15) is 0 Å². The quantitative estimate of drug-likeness (QED) is 0.215. The van der Waals surface area contributed by atoms with E-state index in [0.717, 1.165) is 44.0 Å². The van der Waals surface area contributed by atoms with Gasteiger partial charge in [0.2, 0.25) is 0 Å². The summed E-state index contributed by atoms with van der Waals surface area (Å²) in [5.41, 5.74) is 14.7. The summed E-state index contributed by atoms with van der Waals surface area (Å²) in [7, 11) is 0. The highest BCUT2D eigenvalue weighted by Gasteiger charge is 2.26. The van der Waals surface area contributed by atoms with Crippen molar-refractivity contribution in [1.82, 2.24) is 4.98 Å². The molecule has 2 nitrogen and oxygen atoms in total. The Morgan fingerprint density at radius 2 is 0.976 bits per heavy atom. The minimum Gasteiger partial charge on any atom is -0.455 e. The predicted molar refractivity (Wildman–Crippen MR) is 170 cm³/mol. The summed E-state index contributed by atoms with van der Waals surface area (Å²) in [6, 6.07) is 47.7. The van der Waals surface area contributed by atoms with E-state index in [1.54, 1.807) is 0 Å². The maximum atomic E-state index is 6.54. The molecule has 41 heavy (non-hydrogen) atoms. The molecule has 0 fully saturated rings. The number of fused-ring (bicyclic) bond motifs is 13. The first-order valence-corrected chi connectivity index (χ1v) is 14.0. The summed E-state index contributed by atoms with van der Waals surface area (Å²) in [5.74, 6) is 0. The van der Waals surface area contributed by atoms with Gasteiger partial charge in [0, 0.05) is 33.5 Å². The summed E-state index contributed by atoms with van der Waals surface area (Å²) >= 11 is 0. The van der Waals surface area contributed by atoms with Crippen LogP contribution < -0.4 is 0 Å². The molecular weight excluding hydrogens is 498 g/mol. The minimum atomic E-state index is 0.910. The lowest BCUT2D eigenvalue weighted by molar-refractivity contribution is 0.670. The van der Waals surface area contributed by atoms with Crippen molar-refractivity contribution in [3.05, 3.63) is 140 Å². The topological polar surface area (TPSA) is 26.0 Å². The fraction of sp³-hybridized carbons (Fsp3) is 0. The minimum absolute atomic E-state index is 0.910. The van der Waals surface area contributed by atoms with Crippen LogP contribution in [0.5, 0.6) is 0 Å². The number of hydrogen-bond donors (Lipinski definition) is 0. The van der Waals surface area contributed by atoms with E-state index in [-0.39, 0.29) is 0 Å². The first-order chi connectivity index (χ1) is 20.4. The molecule has 0 amide bonds. The number of nitrogens with zero attached hydrogens (tertiary/aromatic N) is 1. The number of para-hydroxylation sites is 2. The average molecular weight is 522 g/mol. The van der Waals surface area contributed by atoms with Crippen molar-refractivity contribution in [1.29, 1.82) is 0 Å². The van der Waals surface area contributed by atoms with Gasteiger partial charge in [-0.1, -0.05) is 121 Å². The van der Waals surface area contributed by atoms with Crippen LogP contribution in [0, 0.1) is 0 Å². The van der Waals surface area contributed by atoms with E-state index in [4.69, 9.17) is 9.40 Å². The fourth-order valence-electron chi connectivity index (χ4n) is 6.76. The third-order valence-corrected chi connectivity index (χ3v) is 8.51. The van der Waals surface area contributed by atoms with Crippen LogP contribution in [0.15, 0.2) is 144 Å². The van der Waals surface area contributed by atoms with Gasteiger partial charge in [0.1, 0.15) is 11.2 Å². The largest absolute Gasteiger partial charge is 0.455 e. The highest BCUT2D eigenvalue weighted by atomic mass is 16.3. The molecule has 0 spiro atoms. The van der Waals surface area contributed by atoms with Crippen molar-refractivity contribution in [2.45, 2.75) is 0 Å². The number of pyridine rings is 1. The first kappa shape index (κ1) is 22.4. The van der Waals surface area contributed by atoms with Gasteiger partial charge in [0.15, 0.2) is 0 Å². The lowest BCUT2D eigenvalue weighted by Crippen LogP contribution is -2.00. The molecule has 2 heteroatoms. The molecule has 0 atom stereocenters. The second-order valence-corrected chi connectivity index (χ2v) is 10.7. The Bertz CT molecular complexity index is 2320. The third-order valence-electron chi connectivity index (χ3n) is 8.51. The molecule has 1 aliphatic carbocycles. The zero-order chi connectivity index (χ0) is 26.9. The molecule has 0 N–H and O–H groups in total. The van der Waals surface area contributed by atoms with Crippen molar-refractivity contribution in [3.8, 4) is 55.6 Å². The highest BCUT2D eigenvalue weighted by Crippen LogP contribution is 2.52. The molecule has 0 saturated heterocycles. The van der Waals surface area contributed by atoms with Crippen LogP contribution >= 0.6 is 0 Å². The Balaban J connectivity index is 1.45. The van der Waals surface area contributed by atoms with E-state index in [1.165, 1.54) is 44.5 Å². The van der Waals surface area contributed by atoms with Crippen molar-refractivity contribution in [2.24, 2.45) is 0 Å². The molecule has 2 aromatic heterocycles. The zero-order valence-corrected chi connectivity index (χ0v) is 22.1. The van der Waals surface area contributed by atoms with Crippen LogP contribution in [0.25, 0.3) is 88.5 Å². The highest BCUT2D eigenvalue weighted by molar-refractivity contribution is 6.15. The fourth-order valence-corrected chi connectivity index (χ4v) is 6.76. The van der Waals surface area contributed by atoms with Crippen LogP contribution in [0.4, 0.5) is 0 Å². The molecule has 1 aliphatic rings. The van der Waals surface area contributed by atoms with Gasteiger partial charge in [0.25, 0.3) is 0 Å². The van der Waals surface area contributed by atoms with Crippen molar-refractivity contribution >= 4 is 32.8 Å². The predicted octanol–water partition coefficient (Wildman–Crippen LogP) is 10.8. The van der Waals surface area contributed by atoms with E-state index in [9.17, 15) is 0 Å². The summed E-state index contributed by atoms with van der Waals surface area (Å²) in [6.45, 7) is 0. The van der Waals surface area contributed by atoms with E-state index in [2.05, 4.69) is 121 Å². The van der Waals surface area contributed by atoms with E-state index >= 15 is 0 Å².